The Labute approximate surface area is 116 Å². The van der Waals surface area contributed by atoms with Crippen molar-refractivity contribution in [3.63, 3.8) is 0 Å². The zero-order valence-electron chi connectivity index (χ0n) is 11.7. The van der Waals surface area contributed by atoms with Gasteiger partial charge in [0, 0.05) is 6.20 Å². The molecule has 1 aliphatic rings. The van der Waals surface area contributed by atoms with Gasteiger partial charge < -0.3 is 10.4 Å². The van der Waals surface area contributed by atoms with E-state index in [4.69, 9.17) is 0 Å². The van der Waals surface area contributed by atoms with Gasteiger partial charge in [-0.1, -0.05) is 13.3 Å². The molecule has 6 heteroatoms. The number of aromatic nitrogens is 1. The van der Waals surface area contributed by atoms with Crippen molar-refractivity contribution >= 4 is 17.7 Å². The molecule has 6 nitrogen and oxygen atoms in total. The van der Waals surface area contributed by atoms with Crippen LogP contribution in [0.25, 0.3) is 0 Å². The largest absolute Gasteiger partial charge is 0.478 e. The van der Waals surface area contributed by atoms with E-state index in [0.717, 1.165) is 12.0 Å². The lowest BCUT2D eigenvalue weighted by atomic mass is 9.97. The van der Waals surface area contributed by atoms with Crippen molar-refractivity contribution in [3.8, 4) is 0 Å². The first kappa shape index (κ1) is 14.2. The number of rotatable bonds is 4. The normalized spacial score (nSPS) is 21.6. The van der Waals surface area contributed by atoms with E-state index in [-0.39, 0.29) is 23.0 Å². The molecule has 1 atom stereocenters. The number of carbonyl (C=O) groups excluding carboxylic acids is 1. The molecule has 1 aromatic heterocycles. The topological polar surface area (TPSA) is 91.7 Å². The molecule has 1 aromatic rings. The minimum Gasteiger partial charge on any atom is -0.478 e. The number of aromatic carboxylic acids is 1. The Morgan fingerprint density at radius 3 is 2.80 bits per heavy atom. The molecule has 0 spiro atoms. The standard InChI is InChI=1S/C14H17N3O3/c1-4-5-14(3)13(20)16-11(17-14)10-9(12(18)19)6-8(2)7-15-10/h6-7H,4-5H2,1-3H3,(H,18,19)(H,16,17,20). The van der Waals surface area contributed by atoms with Crippen LogP contribution in [0.1, 0.15) is 48.3 Å². The first-order valence-corrected chi connectivity index (χ1v) is 6.49. The maximum absolute atomic E-state index is 12.0. The van der Waals surface area contributed by atoms with Crippen LogP contribution < -0.4 is 5.32 Å². The molecule has 2 heterocycles. The van der Waals surface area contributed by atoms with Crippen molar-refractivity contribution in [2.24, 2.45) is 4.99 Å². The smallest absolute Gasteiger partial charge is 0.338 e. The monoisotopic (exact) mass is 275 g/mol. The predicted octanol–water partition coefficient (Wildman–Crippen LogP) is 1.52. The van der Waals surface area contributed by atoms with Gasteiger partial charge in [-0.2, -0.15) is 0 Å². The highest BCUT2D eigenvalue weighted by Crippen LogP contribution is 2.24. The third kappa shape index (κ3) is 2.41. The fourth-order valence-corrected chi connectivity index (χ4v) is 2.26. The average Bonchev–Trinajstić information content (AvgIpc) is 2.65. The summed E-state index contributed by atoms with van der Waals surface area (Å²) in [6.45, 7) is 5.48. The second kappa shape index (κ2) is 5.03. The van der Waals surface area contributed by atoms with Gasteiger partial charge in [-0.15, -0.1) is 0 Å². The number of amides is 1. The molecule has 1 unspecified atom stereocenters. The number of carboxylic acid groups (broad SMARTS) is 1. The van der Waals surface area contributed by atoms with E-state index in [1.807, 2.05) is 6.92 Å². The van der Waals surface area contributed by atoms with Gasteiger partial charge in [-0.25, -0.2) is 9.79 Å². The van der Waals surface area contributed by atoms with Gasteiger partial charge in [0.1, 0.15) is 11.2 Å². The Hall–Kier alpha value is -2.24. The van der Waals surface area contributed by atoms with Crippen molar-refractivity contribution in [2.75, 3.05) is 0 Å². The molecule has 0 bridgehead atoms. The lowest BCUT2D eigenvalue weighted by Gasteiger charge is -2.15. The molecule has 1 aliphatic heterocycles. The summed E-state index contributed by atoms with van der Waals surface area (Å²) in [4.78, 5) is 31.8. The van der Waals surface area contributed by atoms with Gasteiger partial charge in [0.2, 0.25) is 0 Å². The number of carbonyl (C=O) groups is 2. The van der Waals surface area contributed by atoms with Crippen LogP contribution in [-0.4, -0.2) is 33.3 Å². The van der Waals surface area contributed by atoms with Crippen LogP contribution in [0.15, 0.2) is 17.3 Å². The number of aryl methyl sites for hydroxylation is 1. The highest BCUT2D eigenvalue weighted by atomic mass is 16.4. The number of hydrogen-bond donors (Lipinski definition) is 2. The van der Waals surface area contributed by atoms with Crippen LogP contribution in [0, 0.1) is 6.92 Å². The summed E-state index contributed by atoms with van der Waals surface area (Å²) >= 11 is 0. The number of carboxylic acids is 1. The van der Waals surface area contributed by atoms with Gasteiger partial charge in [0.15, 0.2) is 5.84 Å². The highest BCUT2D eigenvalue weighted by molar-refractivity contribution is 6.17. The van der Waals surface area contributed by atoms with Crippen LogP contribution in [0.5, 0.6) is 0 Å². The molecule has 20 heavy (non-hydrogen) atoms. The maximum Gasteiger partial charge on any atom is 0.338 e. The molecule has 0 fully saturated rings. The molecule has 2 N–H and O–H groups in total. The van der Waals surface area contributed by atoms with E-state index < -0.39 is 11.5 Å². The van der Waals surface area contributed by atoms with Crippen molar-refractivity contribution in [1.82, 2.24) is 10.3 Å². The van der Waals surface area contributed by atoms with Crippen LogP contribution in [-0.2, 0) is 4.79 Å². The highest BCUT2D eigenvalue weighted by Gasteiger charge is 2.39. The molecule has 0 aliphatic carbocycles. The van der Waals surface area contributed by atoms with Crippen molar-refractivity contribution in [3.05, 3.63) is 29.1 Å². The molecule has 0 saturated heterocycles. The quantitative estimate of drug-likeness (QED) is 0.871. The second-order valence-corrected chi connectivity index (χ2v) is 5.15. The summed E-state index contributed by atoms with van der Waals surface area (Å²) in [5.74, 6) is -1.06. The van der Waals surface area contributed by atoms with Gasteiger partial charge in [-0.05, 0) is 31.9 Å². The summed E-state index contributed by atoms with van der Waals surface area (Å²) in [5.41, 5.74) is 0.153. The first-order chi connectivity index (χ1) is 9.37. The lowest BCUT2D eigenvalue weighted by Crippen LogP contribution is -2.37. The summed E-state index contributed by atoms with van der Waals surface area (Å²) in [6, 6.07) is 1.52. The predicted molar refractivity (Wildman–Crippen MR) is 73.9 cm³/mol. The zero-order chi connectivity index (χ0) is 14.9. The molecule has 0 aromatic carbocycles. The van der Waals surface area contributed by atoms with E-state index in [1.54, 1.807) is 20.0 Å². The third-order valence-corrected chi connectivity index (χ3v) is 3.30. The Balaban J connectivity index is 2.48. The average molecular weight is 275 g/mol. The summed E-state index contributed by atoms with van der Waals surface area (Å²) < 4.78 is 0. The van der Waals surface area contributed by atoms with E-state index >= 15 is 0 Å². The van der Waals surface area contributed by atoms with Gasteiger partial charge in [-0.3, -0.25) is 9.78 Å². The van der Waals surface area contributed by atoms with Crippen LogP contribution >= 0.6 is 0 Å². The lowest BCUT2D eigenvalue weighted by molar-refractivity contribution is -0.123. The van der Waals surface area contributed by atoms with E-state index in [0.29, 0.717) is 6.42 Å². The number of nitrogens with one attached hydrogen (secondary N) is 1. The summed E-state index contributed by atoms with van der Waals surface area (Å²) in [5, 5.41) is 11.9. The fraction of sp³-hybridized carbons (Fsp3) is 0.429. The van der Waals surface area contributed by atoms with Crippen molar-refractivity contribution in [2.45, 2.75) is 39.2 Å². The summed E-state index contributed by atoms with van der Waals surface area (Å²) in [6.07, 6.45) is 2.98. The minimum absolute atomic E-state index is 0.0461. The van der Waals surface area contributed by atoms with E-state index in [1.165, 1.54) is 6.07 Å². The molecule has 0 saturated carbocycles. The molecule has 0 radical (unpaired) electrons. The maximum atomic E-state index is 12.0. The number of nitrogens with zero attached hydrogens (tertiary/aromatic N) is 2. The van der Waals surface area contributed by atoms with Crippen molar-refractivity contribution < 1.29 is 14.7 Å². The van der Waals surface area contributed by atoms with Gasteiger partial charge >= 0.3 is 5.97 Å². The van der Waals surface area contributed by atoms with E-state index in [2.05, 4.69) is 15.3 Å². The number of pyridine rings is 1. The number of hydrogen-bond acceptors (Lipinski definition) is 4. The van der Waals surface area contributed by atoms with Crippen LogP contribution in [0.3, 0.4) is 0 Å². The SMILES string of the molecule is CCCC1(C)N=C(c2ncc(C)cc2C(=O)O)NC1=O. The fourth-order valence-electron chi connectivity index (χ4n) is 2.26. The van der Waals surface area contributed by atoms with Gasteiger partial charge in [0.05, 0.1) is 5.56 Å². The second-order valence-electron chi connectivity index (χ2n) is 5.15. The van der Waals surface area contributed by atoms with Crippen molar-refractivity contribution in [1.29, 1.82) is 0 Å². The minimum atomic E-state index is -1.09. The number of aliphatic imine (C=N–C) groups is 1. The van der Waals surface area contributed by atoms with E-state index in [9.17, 15) is 14.7 Å². The molecule has 1 amide bonds. The molecular weight excluding hydrogens is 258 g/mol. The molecular formula is C14H17N3O3. The Kier molecular flexibility index (Phi) is 3.57. The molecule has 2 rings (SSSR count). The first-order valence-electron chi connectivity index (χ1n) is 6.49. The molecule has 106 valence electrons. The Bertz CT molecular complexity index is 610. The Morgan fingerprint density at radius 1 is 1.50 bits per heavy atom. The van der Waals surface area contributed by atoms with Crippen LogP contribution in [0.4, 0.5) is 0 Å². The van der Waals surface area contributed by atoms with Crippen LogP contribution in [0.2, 0.25) is 0 Å². The number of amidine groups is 1. The third-order valence-electron chi connectivity index (χ3n) is 3.30. The van der Waals surface area contributed by atoms with Gasteiger partial charge in [0.25, 0.3) is 5.91 Å². The zero-order valence-corrected chi connectivity index (χ0v) is 11.7. The summed E-state index contributed by atoms with van der Waals surface area (Å²) in [7, 11) is 0. The Morgan fingerprint density at radius 2 is 2.20 bits per heavy atom.